The Morgan fingerprint density at radius 3 is 2.60 bits per heavy atom. The molecule has 0 unspecified atom stereocenters. The minimum atomic E-state index is -1.36. The number of imide groups is 2. The van der Waals surface area contributed by atoms with Crippen LogP contribution in [0.25, 0.3) is 0 Å². The normalized spacial score (nSPS) is 23.3. The first-order chi connectivity index (χ1) is 14.4. The number of amides is 6. The Morgan fingerprint density at radius 1 is 1.17 bits per heavy atom. The minimum Gasteiger partial charge on any atom is -0.486 e. The highest BCUT2D eigenvalue weighted by Gasteiger charge is 2.50. The maximum Gasteiger partial charge on any atom is 0.325 e. The van der Waals surface area contributed by atoms with E-state index >= 15 is 0 Å². The maximum absolute atomic E-state index is 13.0. The zero-order valence-electron chi connectivity index (χ0n) is 16.7. The molecule has 160 valence electrons. The Bertz CT molecular complexity index is 897. The average molecular weight is 416 g/mol. The van der Waals surface area contributed by atoms with E-state index in [1.165, 1.54) is 0 Å². The third kappa shape index (κ3) is 3.77. The predicted molar refractivity (Wildman–Crippen MR) is 104 cm³/mol. The van der Waals surface area contributed by atoms with Crippen LogP contribution in [0.15, 0.2) is 18.2 Å². The van der Waals surface area contributed by atoms with E-state index in [2.05, 4.69) is 16.0 Å². The molecular formula is C20H24N4O6. The van der Waals surface area contributed by atoms with Crippen LogP contribution in [0.2, 0.25) is 0 Å². The number of nitrogens with zero attached hydrogens (tertiary/aromatic N) is 1. The fourth-order valence-electron chi connectivity index (χ4n) is 3.99. The number of carbonyl (C=O) groups excluding carboxylic acids is 4. The number of hydrogen-bond acceptors (Lipinski definition) is 6. The predicted octanol–water partition coefficient (Wildman–Crippen LogP) is 0.993. The van der Waals surface area contributed by atoms with Gasteiger partial charge in [-0.3, -0.25) is 19.8 Å². The van der Waals surface area contributed by atoms with Crippen LogP contribution in [0.3, 0.4) is 0 Å². The Balaban J connectivity index is 1.41. The van der Waals surface area contributed by atoms with Crippen LogP contribution in [0.1, 0.15) is 38.2 Å². The molecule has 1 saturated carbocycles. The summed E-state index contributed by atoms with van der Waals surface area (Å²) in [6.07, 6.45) is 3.84. The summed E-state index contributed by atoms with van der Waals surface area (Å²) in [5.41, 5.74) is -0.855. The first-order valence-electron chi connectivity index (χ1n) is 10.0. The van der Waals surface area contributed by atoms with E-state index in [1.807, 2.05) is 0 Å². The lowest BCUT2D eigenvalue weighted by Gasteiger charge is -2.25. The number of urea groups is 2. The number of benzene rings is 1. The highest BCUT2D eigenvalue weighted by molar-refractivity contribution is 6.10. The highest BCUT2D eigenvalue weighted by atomic mass is 16.6. The Labute approximate surface area is 173 Å². The summed E-state index contributed by atoms with van der Waals surface area (Å²) in [5.74, 6) is -0.271. The van der Waals surface area contributed by atoms with Gasteiger partial charge in [-0.2, -0.15) is 0 Å². The van der Waals surface area contributed by atoms with Gasteiger partial charge < -0.3 is 20.1 Å². The van der Waals surface area contributed by atoms with Gasteiger partial charge in [0.25, 0.3) is 5.91 Å². The summed E-state index contributed by atoms with van der Waals surface area (Å²) in [6, 6.07) is 3.72. The summed E-state index contributed by atoms with van der Waals surface area (Å²) in [4.78, 5) is 50.4. The quantitative estimate of drug-likeness (QED) is 0.629. The molecule has 0 aromatic heterocycles. The van der Waals surface area contributed by atoms with Gasteiger partial charge in [0.2, 0.25) is 5.91 Å². The van der Waals surface area contributed by atoms with Gasteiger partial charge in [-0.25, -0.2) is 9.59 Å². The topological polar surface area (TPSA) is 126 Å². The van der Waals surface area contributed by atoms with E-state index < -0.39 is 36.0 Å². The van der Waals surface area contributed by atoms with Crippen LogP contribution in [0.4, 0.5) is 9.59 Å². The smallest absolute Gasteiger partial charge is 0.325 e. The molecule has 2 fully saturated rings. The molecule has 0 bridgehead atoms. The number of nitrogens with one attached hydrogen (secondary N) is 3. The average Bonchev–Trinajstić information content (AvgIpc) is 3.30. The number of hydrogen-bond donors (Lipinski definition) is 3. The molecule has 2 heterocycles. The van der Waals surface area contributed by atoms with Crippen molar-refractivity contribution in [3.8, 4) is 11.5 Å². The van der Waals surface area contributed by atoms with Crippen molar-refractivity contribution in [2.24, 2.45) is 0 Å². The van der Waals surface area contributed by atoms with Gasteiger partial charge in [-0.05, 0) is 37.5 Å². The number of fused-ring (bicyclic) bond motifs is 1. The van der Waals surface area contributed by atoms with Gasteiger partial charge in [-0.1, -0.05) is 18.9 Å². The largest absolute Gasteiger partial charge is 0.486 e. The molecule has 1 aliphatic carbocycles. The van der Waals surface area contributed by atoms with Crippen LogP contribution in [-0.4, -0.2) is 54.6 Å². The molecule has 3 N–H and O–H groups in total. The molecule has 3 aliphatic rings. The zero-order chi connectivity index (χ0) is 21.3. The van der Waals surface area contributed by atoms with Crippen molar-refractivity contribution in [2.45, 2.75) is 44.2 Å². The maximum atomic E-state index is 13.0. The Kier molecular flexibility index (Phi) is 5.23. The molecule has 30 heavy (non-hydrogen) atoms. The molecule has 1 aromatic rings. The van der Waals surface area contributed by atoms with Gasteiger partial charge in [0.15, 0.2) is 11.5 Å². The van der Waals surface area contributed by atoms with E-state index in [0.717, 1.165) is 30.6 Å². The molecule has 0 radical (unpaired) electrons. The number of ether oxygens (including phenoxy) is 2. The molecular weight excluding hydrogens is 392 g/mol. The van der Waals surface area contributed by atoms with Crippen LogP contribution in [0.5, 0.6) is 11.5 Å². The van der Waals surface area contributed by atoms with Crippen molar-refractivity contribution in [1.82, 2.24) is 20.9 Å². The minimum absolute atomic E-state index is 0.0491. The summed E-state index contributed by atoms with van der Waals surface area (Å²) < 4.78 is 11.0. The molecule has 4 rings (SSSR count). The van der Waals surface area contributed by atoms with Crippen LogP contribution >= 0.6 is 0 Å². The van der Waals surface area contributed by atoms with Gasteiger partial charge in [0.05, 0.1) is 0 Å². The summed E-state index contributed by atoms with van der Waals surface area (Å²) >= 11 is 0. The van der Waals surface area contributed by atoms with E-state index in [1.54, 1.807) is 25.1 Å². The third-order valence-electron chi connectivity index (χ3n) is 5.64. The fourth-order valence-corrected chi connectivity index (χ4v) is 3.99. The molecule has 1 atom stereocenters. The van der Waals surface area contributed by atoms with Crippen molar-refractivity contribution >= 4 is 23.9 Å². The van der Waals surface area contributed by atoms with Gasteiger partial charge in [-0.15, -0.1) is 0 Å². The van der Waals surface area contributed by atoms with Crippen LogP contribution < -0.4 is 25.4 Å². The van der Waals surface area contributed by atoms with E-state index in [4.69, 9.17) is 9.47 Å². The molecule has 2 aliphatic heterocycles. The first-order valence-corrected chi connectivity index (χ1v) is 10.0. The van der Waals surface area contributed by atoms with Crippen molar-refractivity contribution in [1.29, 1.82) is 0 Å². The molecule has 10 heteroatoms. The van der Waals surface area contributed by atoms with Crippen molar-refractivity contribution < 1.29 is 28.7 Å². The summed E-state index contributed by atoms with van der Waals surface area (Å²) in [7, 11) is 0. The van der Waals surface area contributed by atoms with Crippen molar-refractivity contribution in [3.63, 3.8) is 0 Å². The molecule has 0 spiro atoms. The first kappa shape index (κ1) is 20.0. The Morgan fingerprint density at radius 2 is 1.87 bits per heavy atom. The molecule has 6 amide bonds. The summed E-state index contributed by atoms with van der Waals surface area (Å²) in [6.45, 7) is 1.84. The zero-order valence-corrected chi connectivity index (χ0v) is 16.7. The number of carbonyl (C=O) groups is 4. The van der Waals surface area contributed by atoms with Crippen LogP contribution in [0, 0.1) is 0 Å². The van der Waals surface area contributed by atoms with Crippen molar-refractivity contribution in [2.75, 3.05) is 19.8 Å². The van der Waals surface area contributed by atoms with E-state index in [9.17, 15) is 19.2 Å². The molecule has 1 aromatic carbocycles. The van der Waals surface area contributed by atoms with Gasteiger partial charge >= 0.3 is 12.1 Å². The van der Waals surface area contributed by atoms with Crippen molar-refractivity contribution in [3.05, 3.63) is 23.8 Å². The van der Waals surface area contributed by atoms with E-state index in [-0.39, 0.29) is 6.04 Å². The lowest BCUT2D eigenvalue weighted by atomic mass is 9.91. The van der Waals surface area contributed by atoms with E-state index in [0.29, 0.717) is 30.3 Å². The second kappa shape index (κ2) is 7.85. The highest BCUT2D eigenvalue weighted by Crippen LogP contribution is 2.36. The van der Waals surface area contributed by atoms with Crippen LogP contribution in [-0.2, 0) is 15.1 Å². The standard InChI is InChI=1S/C20H24N4O6/c1-20(12-6-7-14-15(10-12)30-9-8-29-14)17(26)24(19(28)23-20)11-16(25)22-18(27)21-13-4-2-3-5-13/h6-7,10,13H,2-5,8-9,11H2,1H3,(H,23,28)(H2,21,22,25,27)/t20-/m1/s1. The van der Waals surface area contributed by atoms with Gasteiger partial charge in [0.1, 0.15) is 25.3 Å². The lowest BCUT2D eigenvalue weighted by molar-refractivity contribution is -0.134. The molecule has 1 saturated heterocycles. The Hall–Kier alpha value is -3.30. The second-order valence-electron chi connectivity index (χ2n) is 7.81. The lowest BCUT2D eigenvalue weighted by Crippen LogP contribution is -2.48. The number of rotatable bonds is 4. The fraction of sp³-hybridized carbons (Fsp3) is 0.500. The second-order valence-corrected chi connectivity index (χ2v) is 7.81. The molecule has 10 nitrogen and oxygen atoms in total. The third-order valence-corrected chi connectivity index (χ3v) is 5.64. The monoisotopic (exact) mass is 416 g/mol. The summed E-state index contributed by atoms with van der Waals surface area (Å²) in [5, 5.41) is 7.54. The van der Waals surface area contributed by atoms with Gasteiger partial charge in [0, 0.05) is 6.04 Å². The SMILES string of the molecule is C[C@]1(c2ccc3c(c2)OCCO3)NC(=O)N(CC(=O)NC(=O)NC2CCCC2)C1=O.